The lowest BCUT2D eigenvalue weighted by molar-refractivity contribution is -0.143. The zero-order valence-electron chi connectivity index (χ0n) is 9.70. The fourth-order valence-corrected chi connectivity index (χ4v) is 2.05. The number of nitrogens with one attached hydrogen (secondary N) is 1. The summed E-state index contributed by atoms with van der Waals surface area (Å²) in [6.45, 7) is 7.82. The number of piperidine rings is 1. The molecule has 0 aliphatic carbocycles. The smallest absolute Gasteiger partial charge is 0.320 e. The van der Waals surface area contributed by atoms with Gasteiger partial charge in [-0.2, -0.15) is 0 Å². The molecule has 1 saturated heterocycles. The first-order valence-corrected chi connectivity index (χ1v) is 5.82. The lowest BCUT2D eigenvalue weighted by Crippen LogP contribution is -2.45. The molecule has 0 amide bonds. The number of aliphatic carboxylic acids is 1. The maximum absolute atomic E-state index is 10.8. The molecule has 2 N–H and O–H groups in total. The van der Waals surface area contributed by atoms with Crippen molar-refractivity contribution in [1.82, 2.24) is 10.2 Å². The molecule has 1 atom stereocenters. The van der Waals surface area contributed by atoms with Crippen LogP contribution in [0.5, 0.6) is 0 Å². The van der Waals surface area contributed by atoms with E-state index < -0.39 is 5.97 Å². The Morgan fingerprint density at radius 3 is 2.60 bits per heavy atom. The van der Waals surface area contributed by atoms with E-state index in [0.717, 1.165) is 44.9 Å². The minimum Gasteiger partial charge on any atom is -0.480 e. The average molecular weight is 214 g/mol. The van der Waals surface area contributed by atoms with E-state index in [-0.39, 0.29) is 6.04 Å². The van der Waals surface area contributed by atoms with Gasteiger partial charge in [0.15, 0.2) is 0 Å². The number of nitrogens with zero attached hydrogens (tertiary/aromatic N) is 1. The molecule has 15 heavy (non-hydrogen) atoms. The molecule has 1 aliphatic rings. The number of carboxylic acid groups (broad SMARTS) is 1. The molecular formula is C11H22N2O2. The third-order valence-electron chi connectivity index (χ3n) is 3.24. The van der Waals surface area contributed by atoms with Crippen LogP contribution in [0.2, 0.25) is 0 Å². The van der Waals surface area contributed by atoms with Crippen molar-refractivity contribution in [1.29, 1.82) is 0 Å². The molecular weight excluding hydrogens is 192 g/mol. The number of hydrogen-bond acceptors (Lipinski definition) is 3. The summed E-state index contributed by atoms with van der Waals surface area (Å²) in [7, 11) is 0. The highest BCUT2D eigenvalue weighted by atomic mass is 16.4. The Morgan fingerprint density at radius 2 is 2.13 bits per heavy atom. The van der Waals surface area contributed by atoms with Crippen molar-refractivity contribution in [3.8, 4) is 0 Å². The summed E-state index contributed by atoms with van der Waals surface area (Å²) in [6, 6.07) is -0.329. The van der Waals surface area contributed by atoms with Crippen LogP contribution in [0.1, 0.15) is 26.7 Å². The largest absolute Gasteiger partial charge is 0.480 e. The van der Waals surface area contributed by atoms with Gasteiger partial charge in [-0.25, -0.2) is 0 Å². The Morgan fingerprint density at radius 1 is 1.53 bits per heavy atom. The monoisotopic (exact) mass is 214 g/mol. The highest BCUT2D eigenvalue weighted by Gasteiger charge is 2.25. The summed E-state index contributed by atoms with van der Waals surface area (Å²) in [6.07, 6.45) is 2.23. The van der Waals surface area contributed by atoms with Gasteiger partial charge < -0.3 is 10.4 Å². The second kappa shape index (κ2) is 6.08. The molecule has 0 saturated carbocycles. The van der Waals surface area contributed by atoms with Crippen molar-refractivity contribution >= 4 is 5.97 Å². The van der Waals surface area contributed by atoms with E-state index >= 15 is 0 Å². The maximum Gasteiger partial charge on any atom is 0.320 e. The molecule has 1 heterocycles. The van der Waals surface area contributed by atoms with Crippen LogP contribution in [0.3, 0.4) is 0 Å². The van der Waals surface area contributed by atoms with E-state index in [2.05, 4.69) is 17.1 Å². The van der Waals surface area contributed by atoms with E-state index in [9.17, 15) is 4.79 Å². The summed E-state index contributed by atoms with van der Waals surface area (Å²) in [5.74, 6) is 0.0160. The van der Waals surface area contributed by atoms with E-state index in [1.807, 2.05) is 0 Å². The number of likely N-dealkylation sites (tertiary alicyclic amines) is 1. The van der Waals surface area contributed by atoms with Gasteiger partial charge in [0.25, 0.3) is 0 Å². The molecule has 1 rings (SSSR count). The highest BCUT2D eigenvalue weighted by Crippen LogP contribution is 2.18. The molecule has 1 unspecified atom stereocenters. The van der Waals surface area contributed by atoms with Crippen LogP contribution in [0, 0.1) is 5.92 Å². The van der Waals surface area contributed by atoms with Crippen LogP contribution < -0.4 is 5.32 Å². The minimum absolute atomic E-state index is 0.329. The third kappa shape index (κ3) is 3.80. The fourth-order valence-electron chi connectivity index (χ4n) is 2.05. The predicted octanol–water partition coefficient (Wildman–Crippen LogP) is 0.781. The fraction of sp³-hybridized carbons (Fsp3) is 0.909. The number of carboxylic acids is 1. The van der Waals surface area contributed by atoms with Crippen LogP contribution in [0.4, 0.5) is 0 Å². The molecule has 0 aromatic rings. The molecule has 88 valence electrons. The highest BCUT2D eigenvalue weighted by molar-refractivity contribution is 5.72. The zero-order valence-corrected chi connectivity index (χ0v) is 9.70. The molecule has 1 aliphatic heterocycles. The van der Waals surface area contributed by atoms with Crippen molar-refractivity contribution in [2.75, 3.05) is 26.2 Å². The van der Waals surface area contributed by atoms with Crippen LogP contribution >= 0.6 is 0 Å². The molecule has 0 radical (unpaired) electrons. The van der Waals surface area contributed by atoms with Gasteiger partial charge in [0.05, 0.1) is 0 Å². The Hall–Kier alpha value is -0.610. The van der Waals surface area contributed by atoms with Gasteiger partial charge in [-0.1, -0.05) is 6.92 Å². The van der Waals surface area contributed by atoms with Gasteiger partial charge in [-0.3, -0.25) is 9.69 Å². The van der Waals surface area contributed by atoms with Crippen LogP contribution in [0.25, 0.3) is 0 Å². The molecule has 0 spiro atoms. The van der Waals surface area contributed by atoms with E-state index in [0.29, 0.717) is 0 Å². The molecule has 4 nitrogen and oxygen atoms in total. The SMILES string of the molecule is CCNCC1CCN(C(C)C(=O)O)CC1. The molecule has 0 aromatic heterocycles. The Kier molecular flexibility index (Phi) is 5.05. The lowest BCUT2D eigenvalue weighted by atomic mass is 9.96. The average Bonchev–Trinajstić information content (AvgIpc) is 2.26. The topological polar surface area (TPSA) is 52.6 Å². The van der Waals surface area contributed by atoms with E-state index in [1.54, 1.807) is 6.92 Å². The standard InChI is InChI=1S/C11H22N2O2/c1-3-12-8-10-4-6-13(7-5-10)9(2)11(14)15/h9-10,12H,3-8H2,1-2H3,(H,14,15). The zero-order chi connectivity index (χ0) is 11.3. The third-order valence-corrected chi connectivity index (χ3v) is 3.24. The first-order chi connectivity index (χ1) is 7.15. The summed E-state index contributed by atoms with van der Waals surface area (Å²) in [4.78, 5) is 12.9. The molecule has 1 fully saturated rings. The van der Waals surface area contributed by atoms with Gasteiger partial charge >= 0.3 is 5.97 Å². The summed E-state index contributed by atoms with van der Waals surface area (Å²) >= 11 is 0. The summed E-state index contributed by atoms with van der Waals surface area (Å²) in [5.41, 5.74) is 0. The molecule has 0 bridgehead atoms. The second-order valence-corrected chi connectivity index (χ2v) is 4.30. The van der Waals surface area contributed by atoms with E-state index in [1.165, 1.54) is 0 Å². The Balaban J connectivity index is 2.26. The minimum atomic E-state index is -0.708. The van der Waals surface area contributed by atoms with Crippen molar-refractivity contribution in [2.45, 2.75) is 32.7 Å². The number of rotatable bonds is 5. The van der Waals surface area contributed by atoms with Gasteiger partial charge in [0.1, 0.15) is 6.04 Å². The maximum atomic E-state index is 10.8. The van der Waals surface area contributed by atoms with Crippen molar-refractivity contribution in [2.24, 2.45) is 5.92 Å². The number of carbonyl (C=O) groups is 1. The molecule has 0 aromatic carbocycles. The van der Waals surface area contributed by atoms with Gasteiger partial charge in [0.2, 0.25) is 0 Å². The van der Waals surface area contributed by atoms with Crippen molar-refractivity contribution in [3.63, 3.8) is 0 Å². The molecule has 4 heteroatoms. The predicted molar refractivity (Wildman–Crippen MR) is 59.9 cm³/mol. The van der Waals surface area contributed by atoms with Crippen LogP contribution in [-0.2, 0) is 4.79 Å². The first-order valence-electron chi connectivity index (χ1n) is 5.82. The van der Waals surface area contributed by atoms with Gasteiger partial charge in [-0.15, -0.1) is 0 Å². The lowest BCUT2D eigenvalue weighted by Gasteiger charge is -2.34. The summed E-state index contributed by atoms with van der Waals surface area (Å²) in [5, 5.41) is 12.2. The van der Waals surface area contributed by atoms with Crippen LogP contribution in [-0.4, -0.2) is 48.2 Å². The van der Waals surface area contributed by atoms with Gasteiger partial charge in [0, 0.05) is 0 Å². The second-order valence-electron chi connectivity index (χ2n) is 4.30. The Labute approximate surface area is 91.6 Å². The Bertz CT molecular complexity index is 201. The summed E-state index contributed by atoms with van der Waals surface area (Å²) < 4.78 is 0. The normalized spacial score (nSPS) is 21.5. The van der Waals surface area contributed by atoms with E-state index in [4.69, 9.17) is 5.11 Å². The number of hydrogen-bond donors (Lipinski definition) is 2. The van der Waals surface area contributed by atoms with Crippen molar-refractivity contribution in [3.05, 3.63) is 0 Å². The quantitative estimate of drug-likeness (QED) is 0.710. The first kappa shape index (κ1) is 12.5. The van der Waals surface area contributed by atoms with Gasteiger partial charge in [-0.05, 0) is 51.9 Å². The van der Waals surface area contributed by atoms with Crippen LogP contribution in [0.15, 0.2) is 0 Å². The van der Waals surface area contributed by atoms with Crippen molar-refractivity contribution < 1.29 is 9.90 Å².